The number of rotatable bonds is 3. The van der Waals surface area contributed by atoms with Crippen LogP contribution < -0.4 is 5.32 Å². The van der Waals surface area contributed by atoms with Gasteiger partial charge in [0.1, 0.15) is 11.6 Å². The van der Waals surface area contributed by atoms with Crippen molar-refractivity contribution in [1.82, 2.24) is 15.5 Å². The molecule has 1 amide bonds. The molecule has 0 unspecified atom stereocenters. The number of ether oxygens (including phenoxy) is 1. The summed E-state index contributed by atoms with van der Waals surface area (Å²) in [6.07, 6.45) is 1.75. The number of hydrogen-bond donors (Lipinski definition) is 1. The summed E-state index contributed by atoms with van der Waals surface area (Å²) in [6, 6.07) is -0.347. The van der Waals surface area contributed by atoms with Gasteiger partial charge < -0.3 is 14.6 Å². The third-order valence-electron chi connectivity index (χ3n) is 2.50. The molecule has 6 nitrogen and oxygen atoms in total. The lowest BCUT2D eigenvalue weighted by molar-refractivity contribution is 0.0499. The number of alkyl carbamates (subject to hydrolysis) is 1. The van der Waals surface area contributed by atoms with Gasteiger partial charge in [-0.05, 0) is 40.5 Å². The minimum atomic E-state index is -0.516. The largest absolute Gasteiger partial charge is 0.444 e. The van der Waals surface area contributed by atoms with E-state index < -0.39 is 11.7 Å². The van der Waals surface area contributed by atoms with Gasteiger partial charge in [-0.15, -0.1) is 0 Å². The molecule has 0 saturated heterocycles. The van der Waals surface area contributed by atoms with Gasteiger partial charge >= 0.3 is 6.09 Å². The first-order valence-corrected chi connectivity index (χ1v) is 6.18. The second-order valence-electron chi connectivity index (χ2n) is 5.63. The molecule has 6 heteroatoms. The zero-order valence-corrected chi connectivity index (χ0v) is 11.2. The van der Waals surface area contributed by atoms with E-state index in [0.717, 1.165) is 18.7 Å². The summed E-state index contributed by atoms with van der Waals surface area (Å²) in [5.41, 5.74) is -0.516. The Bertz CT molecular complexity index is 432. The molecule has 1 fully saturated rings. The van der Waals surface area contributed by atoms with Crippen LogP contribution in [0.25, 0.3) is 0 Å². The first-order valence-electron chi connectivity index (χ1n) is 6.18. The molecule has 1 heterocycles. The number of nitrogens with zero attached hydrogens (tertiary/aromatic N) is 2. The number of amides is 1. The number of carbonyl (C=O) groups excluding carboxylic acids is 1. The lowest BCUT2D eigenvalue weighted by atomic mass is 10.2. The van der Waals surface area contributed by atoms with Crippen molar-refractivity contribution in [1.29, 1.82) is 0 Å². The molecule has 100 valence electrons. The highest BCUT2D eigenvalue weighted by Gasteiger charge is 2.30. The topological polar surface area (TPSA) is 77.2 Å². The van der Waals surface area contributed by atoms with E-state index >= 15 is 0 Å². The van der Waals surface area contributed by atoms with E-state index in [4.69, 9.17) is 9.26 Å². The molecule has 0 aliphatic heterocycles. The summed E-state index contributed by atoms with van der Waals surface area (Å²) < 4.78 is 10.3. The first kappa shape index (κ1) is 12.9. The Kier molecular flexibility index (Phi) is 3.28. The molecular formula is C12H19N3O3. The van der Waals surface area contributed by atoms with E-state index in [0.29, 0.717) is 11.8 Å². The normalized spacial score (nSPS) is 17.3. The molecule has 1 atom stereocenters. The van der Waals surface area contributed by atoms with E-state index in [1.165, 1.54) is 0 Å². The molecular weight excluding hydrogens is 234 g/mol. The van der Waals surface area contributed by atoms with Crippen LogP contribution >= 0.6 is 0 Å². The van der Waals surface area contributed by atoms with Gasteiger partial charge in [-0.1, -0.05) is 5.16 Å². The van der Waals surface area contributed by atoms with E-state index in [1.807, 2.05) is 20.8 Å². The predicted molar refractivity (Wildman–Crippen MR) is 64.1 cm³/mol. The molecule has 1 aliphatic carbocycles. The maximum absolute atomic E-state index is 11.6. The first-order chi connectivity index (χ1) is 8.35. The van der Waals surface area contributed by atoms with Gasteiger partial charge in [-0.3, -0.25) is 0 Å². The van der Waals surface area contributed by atoms with Crippen LogP contribution in [0.4, 0.5) is 4.79 Å². The summed E-state index contributed by atoms with van der Waals surface area (Å²) in [6.45, 7) is 7.23. The van der Waals surface area contributed by atoms with Crippen molar-refractivity contribution < 1.29 is 14.1 Å². The van der Waals surface area contributed by atoms with Crippen LogP contribution in [-0.2, 0) is 4.74 Å². The van der Waals surface area contributed by atoms with Crippen molar-refractivity contribution in [2.75, 3.05) is 0 Å². The molecule has 0 aromatic carbocycles. The summed E-state index contributed by atoms with van der Waals surface area (Å²) in [4.78, 5) is 15.8. The van der Waals surface area contributed by atoms with Crippen LogP contribution in [-0.4, -0.2) is 21.8 Å². The highest BCUT2D eigenvalue weighted by Crippen LogP contribution is 2.38. The summed E-state index contributed by atoms with van der Waals surface area (Å²) in [5, 5.41) is 6.57. The van der Waals surface area contributed by atoms with Crippen molar-refractivity contribution in [2.45, 2.75) is 58.1 Å². The number of aromatic nitrogens is 2. The average Bonchev–Trinajstić information content (AvgIpc) is 2.93. The zero-order chi connectivity index (χ0) is 13.3. The average molecular weight is 253 g/mol. The Balaban J connectivity index is 1.90. The van der Waals surface area contributed by atoms with Crippen LogP contribution in [0.1, 0.15) is 64.2 Å². The van der Waals surface area contributed by atoms with Gasteiger partial charge in [0.2, 0.25) is 5.89 Å². The molecule has 1 aromatic rings. The second-order valence-corrected chi connectivity index (χ2v) is 5.63. The summed E-state index contributed by atoms with van der Waals surface area (Å²) in [7, 11) is 0. The van der Waals surface area contributed by atoms with Crippen LogP contribution in [0.15, 0.2) is 4.52 Å². The highest BCUT2D eigenvalue weighted by molar-refractivity contribution is 5.68. The number of carbonyl (C=O) groups is 1. The predicted octanol–water partition coefficient (Wildman–Crippen LogP) is 2.53. The van der Waals surface area contributed by atoms with Gasteiger partial charge in [0.15, 0.2) is 5.82 Å². The van der Waals surface area contributed by atoms with Gasteiger partial charge in [-0.25, -0.2) is 4.79 Å². The fraction of sp³-hybridized carbons (Fsp3) is 0.750. The number of hydrogen-bond acceptors (Lipinski definition) is 5. The van der Waals surface area contributed by atoms with Gasteiger partial charge in [-0.2, -0.15) is 4.98 Å². The smallest absolute Gasteiger partial charge is 0.408 e. The maximum Gasteiger partial charge on any atom is 0.408 e. The van der Waals surface area contributed by atoms with Crippen molar-refractivity contribution in [2.24, 2.45) is 0 Å². The van der Waals surface area contributed by atoms with Crippen molar-refractivity contribution >= 4 is 6.09 Å². The number of nitrogens with one attached hydrogen (secondary N) is 1. The molecule has 0 bridgehead atoms. The molecule has 0 spiro atoms. The Morgan fingerprint density at radius 2 is 2.17 bits per heavy atom. The summed E-state index contributed by atoms with van der Waals surface area (Å²) in [5.74, 6) is 1.60. The van der Waals surface area contributed by atoms with Crippen LogP contribution in [0.2, 0.25) is 0 Å². The maximum atomic E-state index is 11.6. The van der Waals surface area contributed by atoms with E-state index in [2.05, 4.69) is 15.5 Å². The standard InChI is InChI=1S/C12H19N3O3/c1-7(13-11(16)17-12(2,3)4)10-14-9(15-18-10)8-5-6-8/h7-8H,5-6H2,1-4H3,(H,13,16)/t7-/m0/s1. The van der Waals surface area contributed by atoms with Gasteiger partial charge in [0.25, 0.3) is 0 Å². The molecule has 0 radical (unpaired) electrons. The van der Waals surface area contributed by atoms with Gasteiger partial charge in [0, 0.05) is 5.92 Å². The fourth-order valence-corrected chi connectivity index (χ4v) is 1.48. The van der Waals surface area contributed by atoms with Crippen molar-refractivity contribution in [3.63, 3.8) is 0 Å². The molecule has 1 aliphatic rings. The molecule has 1 aromatic heterocycles. The quantitative estimate of drug-likeness (QED) is 0.895. The molecule has 1 N–H and O–H groups in total. The third kappa shape index (κ3) is 3.45. The summed E-state index contributed by atoms with van der Waals surface area (Å²) >= 11 is 0. The minimum absolute atomic E-state index is 0.347. The van der Waals surface area contributed by atoms with Crippen molar-refractivity contribution in [3.05, 3.63) is 11.7 Å². The van der Waals surface area contributed by atoms with Crippen LogP contribution in [0.5, 0.6) is 0 Å². The van der Waals surface area contributed by atoms with E-state index in [-0.39, 0.29) is 6.04 Å². The second kappa shape index (κ2) is 4.59. The van der Waals surface area contributed by atoms with Gasteiger partial charge in [0.05, 0.1) is 0 Å². The Labute approximate surface area is 106 Å². The minimum Gasteiger partial charge on any atom is -0.444 e. The van der Waals surface area contributed by atoms with Crippen LogP contribution in [0, 0.1) is 0 Å². The van der Waals surface area contributed by atoms with Crippen LogP contribution in [0.3, 0.4) is 0 Å². The Morgan fingerprint density at radius 1 is 1.50 bits per heavy atom. The zero-order valence-electron chi connectivity index (χ0n) is 11.2. The molecule has 2 rings (SSSR count). The van der Waals surface area contributed by atoms with E-state index in [9.17, 15) is 4.79 Å². The molecule has 1 saturated carbocycles. The van der Waals surface area contributed by atoms with Crippen molar-refractivity contribution in [3.8, 4) is 0 Å². The van der Waals surface area contributed by atoms with E-state index in [1.54, 1.807) is 6.92 Å². The SMILES string of the molecule is C[C@H](NC(=O)OC(C)(C)C)c1nc(C2CC2)no1. The monoisotopic (exact) mass is 253 g/mol. The third-order valence-corrected chi connectivity index (χ3v) is 2.50. The Hall–Kier alpha value is -1.59. The Morgan fingerprint density at radius 3 is 2.72 bits per heavy atom. The molecule has 18 heavy (non-hydrogen) atoms. The highest BCUT2D eigenvalue weighted by atomic mass is 16.6. The fourth-order valence-electron chi connectivity index (χ4n) is 1.48. The lowest BCUT2D eigenvalue weighted by Crippen LogP contribution is -2.34. The lowest BCUT2D eigenvalue weighted by Gasteiger charge is -2.20.